The van der Waals surface area contributed by atoms with Crippen molar-refractivity contribution in [3.8, 4) is 5.75 Å². The number of ether oxygens (including phenoxy) is 1. The van der Waals surface area contributed by atoms with Gasteiger partial charge in [0.2, 0.25) is 0 Å². The van der Waals surface area contributed by atoms with Gasteiger partial charge in [-0.15, -0.1) is 0 Å². The molecule has 0 fully saturated rings. The van der Waals surface area contributed by atoms with Gasteiger partial charge < -0.3 is 10.1 Å². The highest BCUT2D eigenvalue weighted by Gasteiger charge is 2.23. The second-order valence-electron chi connectivity index (χ2n) is 6.66. The maximum absolute atomic E-state index is 13.0. The first-order valence-corrected chi connectivity index (χ1v) is 11.5. The van der Waals surface area contributed by atoms with Crippen molar-refractivity contribution >= 4 is 38.8 Å². The minimum absolute atomic E-state index is 0.0415. The number of benzene rings is 3. The SMILES string of the molecule is CCN(c1ccccc1)S(=O)(=O)c1ccc(NCC(=O)c2ccc(OC)c(Cl)c2)cc1. The minimum Gasteiger partial charge on any atom is -0.495 e. The molecule has 3 aromatic carbocycles. The Kier molecular flexibility index (Phi) is 7.20. The summed E-state index contributed by atoms with van der Waals surface area (Å²) in [7, 11) is -2.19. The summed E-state index contributed by atoms with van der Waals surface area (Å²) in [6.45, 7) is 2.14. The zero-order valence-electron chi connectivity index (χ0n) is 17.2. The number of ketones is 1. The van der Waals surface area contributed by atoms with E-state index in [2.05, 4.69) is 5.32 Å². The topological polar surface area (TPSA) is 75.7 Å². The number of rotatable bonds is 9. The van der Waals surface area contributed by atoms with E-state index in [-0.39, 0.29) is 17.2 Å². The highest BCUT2D eigenvalue weighted by atomic mass is 35.5. The Morgan fingerprint density at radius 2 is 1.71 bits per heavy atom. The van der Waals surface area contributed by atoms with E-state index >= 15 is 0 Å². The molecule has 0 spiro atoms. The van der Waals surface area contributed by atoms with E-state index in [1.165, 1.54) is 23.5 Å². The number of halogens is 1. The van der Waals surface area contributed by atoms with Gasteiger partial charge in [0, 0.05) is 17.8 Å². The third kappa shape index (κ3) is 5.18. The Balaban J connectivity index is 1.70. The molecule has 1 N–H and O–H groups in total. The Hall–Kier alpha value is -3.03. The van der Waals surface area contributed by atoms with Gasteiger partial charge in [0.1, 0.15) is 5.75 Å². The lowest BCUT2D eigenvalue weighted by Crippen LogP contribution is -2.30. The molecule has 0 saturated heterocycles. The van der Waals surface area contributed by atoms with Gasteiger partial charge in [0.05, 0.1) is 29.3 Å². The van der Waals surface area contributed by atoms with Crippen LogP contribution in [0.5, 0.6) is 5.75 Å². The molecule has 31 heavy (non-hydrogen) atoms. The summed E-state index contributed by atoms with van der Waals surface area (Å²) in [5.74, 6) is 0.349. The van der Waals surface area contributed by atoms with E-state index in [0.29, 0.717) is 34.3 Å². The van der Waals surface area contributed by atoms with Crippen LogP contribution in [0.3, 0.4) is 0 Å². The first-order valence-electron chi connectivity index (χ1n) is 9.65. The first-order chi connectivity index (χ1) is 14.9. The molecular formula is C23H23ClN2O4S. The fourth-order valence-corrected chi connectivity index (χ4v) is 4.81. The number of carbonyl (C=O) groups is 1. The van der Waals surface area contributed by atoms with Gasteiger partial charge in [0.25, 0.3) is 10.0 Å². The number of hydrogen-bond donors (Lipinski definition) is 1. The van der Waals surface area contributed by atoms with Gasteiger partial charge in [0.15, 0.2) is 5.78 Å². The van der Waals surface area contributed by atoms with Gasteiger partial charge in [-0.3, -0.25) is 9.10 Å². The highest BCUT2D eigenvalue weighted by molar-refractivity contribution is 7.92. The Morgan fingerprint density at radius 3 is 2.29 bits per heavy atom. The van der Waals surface area contributed by atoms with Crippen LogP contribution in [0.25, 0.3) is 0 Å². The molecule has 3 rings (SSSR count). The average Bonchev–Trinajstić information content (AvgIpc) is 2.78. The van der Waals surface area contributed by atoms with Crippen LogP contribution in [0, 0.1) is 0 Å². The van der Waals surface area contributed by atoms with Gasteiger partial charge in [-0.25, -0.2) is 8.42 Å². The molecule has 0 radical (unpaired) electrons. The van der Waals surface area contributed by atoms with Crippen LogP contribution in [0.4, 0.5) is 11.4 Å². The molecular weight excluding hydrogens is 436 g/mol. The predicted molar refractivity (Wildman–Crippen MR) is 124 cm³/mol. The normalized spacial score (nSPS) is 11.1. The van der Waals surface area contributed by atoms with Crippen LogP contribution in [-0.4, -0.2) is 34.4 Å². The van der Waals surface area contributed by atoms with Crippen molar-refractivity contribution in [3.63, 3.8) is 0 Å². The molecule has 0 atom stereocenters. The lowest BCUT2D eigenvalue weighted by molar-refractivity contribution is 0.101. The van der Waals surface area contributed by atoms with Crippen LogP contribution in [-0.2, 0) is 10.0 Å². The lowest BCUT2D eigenvalue weighted by atomic mass is 10.1. The molecule has 0 heterocycles. The van der Waals surface area contributed by atoms with Crippen molar-refractivity contribution in [1.82, 2.24) is 0 Å². The van der Waals surface area contributed by atoms with Gasteiger partial charge in [-0.1, -0.05) is 29.8 Å². The highest BCUT2D eigenvalue weighted by Crippen LogP contribution is 2.26. The molecule has 0 amide bonds. The zero-order valence-corrected chi connectivity index (χ0v) is 18.8. The molecule has 0 aliphatic heterocycles. The summed E-state index contributed by atoms with van der Waals surface area (Å²) in [4.78, 5) is 12.6. The number of Topliss-reactive ketones (excluding diaryl/α,β-unsaturated/α-hetero) is 1. The molecule has 0 aliphatic carbocycles. The van der Waals surface area contributed by atoms with E-state index in [0.717, 1.165) is 0 Å². The molecule has 0 unspecified atom stereocenters. The molecule has 0 saturated carbocycles. The summed E-state index contributed by atoms with van der Waals surface area (Å²) in [6, 6.07) is 20.1. The molecule has 6 nitrogen and oxygen atoms in total. The van der Waals surface area contributed by atoms with E-state index in [1.807, 2.05) is 6.07 Å². The smallest absolute Gasteiger partial charge is 0.264 e. The van der Waals surface area contributed by atoms with Crippen LogP contribution < -0.4 is 14.4 Å². The summed E-state index contributed by atoms with van der Waals surface area (Å²) in [5.41, 5.74) is 1.70. The fourth-order valence-electron chi connectivity index (χ4n) is 3.08. The Morgan fingerprint density at radius 1 is 1.03 bits per heavy atom. The molecule has 3 aromatic rings. The first kappa shape index (κ1) is 22.7. The molecule has 0 aromatic heterocycles. The van der Waals surface area contributed by atoms with Crippen LogP contribution in [0.2, 0.25) is 5.02 Å². The van der Waals surface area contributed by atoms with Crippen molar-refractivity contribution < 1.29 is 17.9 Å². The predicted octanol–water partition coefficient (Wildman–Crippen LogP) is 4.86. The van der Waals surface area contributed by atoms with Crippen molar-refractivity contribution in [2.75, 3.05) is 29.8 Å². The standard InChI is InChI=1S/C23H23ClN2O4S/c1-3-26(19-7-5-4-6-8-19)31(28,29)20-12-10-18(11-13-20)25-16-22(27)17-9-14-23(30-2)21(24)15-17/h4-15,25H,3,16H2,1-2H3. The van der Waals surface area contributed by atoms with E-state index < -0.39 is 10.0 Å². The van der Waals surface area contributed by atoms with E-state index in [1.54, 1.807) is 61.5 Å². The number of carbonyl (C=O) groups excluding carboxylic acids is 1. The number of nitrogens with zero attached hydrogens (tertiary/aromatic N) is 1. The lowest BCUT2D eigenvalue weighted by Gasteiger charge is -2.23. The second-order valence-corrected chi connectivity index (χ2v) is 8.93. The number of methoxy groups -OCH3 is 1. The summed E-state index contributed by atoms with van der Waals surface area (Å²) < 4.78 is 32.5. The maximum atomic E-state index is 13.0. The number of hydrogen-bond acceptors (Lipinski definition) is 5. The zero-order chi connectivity index (χ0) is 22.4. The maximum Gasteiger partial charge on any atom is 0.264 e. The largest absolute Gasteiger partial charge is 0.495 e. The van der Waals surface area contributed by atoms with Gasteiger partial charge in [-0.2, -0.15) is 0 Å². The Bertz CT molecular complexity index is 1150. The molecule has 162 valence electrons. The summed E-state index contributed by atoms with van der Waals surface area (Å²) in [6.07, 6.45) is 0. The minimum atomic E-state index is -3.69. The van der Waals surface area contributed by atoms with Crippen molar-refractivity contribution in [2.24, 2.45) is 0 Å². The number of nitrogens with one attached hydrogen (secondary N) is 1. The molecule has 0 bridgehead atoms. The molecule has 8 heteroatoms. The third-order valence-corrected chi connectivity index (χ3v) is 6.91. The fraction of sp³-hybridized carbons (Fsp3) is 0.174. The number of para-hydroxylation sites is 1. The third-order valence-electron chi connectivity index (χ3n) is 4.70. The van der Waals surface area contributed by atoms with E-state index in [9.17, 15) is 13.2 Å². The van der Waals surface area contributed by atoms with Crippen molar-refractivity contribution in [3.05, 3.63) is 83.4 Å². The van der Waals surface area contributed by atoms with Gasteiger partial charge in [-0.05, 0) is 61.5 Å². The second kappa shape index (κ2) is 9.85. The number of sulfonamides is 1. The van der Waals surface area contributed by atoms with Crippen LogP contribution in [0.15, 0.2) is 77.7 Å². The quantitative estimate of drug-likeness (QED) is 0.463. The van der Waals surface area contributed by atoms with Crippen LogP contribution in [0.1, 0.15) is 17.3 Å². The summed E-state index contributed by atoms with van der Waals surface area (Å²) in [5, 5.41) is 3.38. The molecule has 0 aliphatic rings. The number of anilines is 2. The van der Waals surface area contributed by atoms with E-state index in [4.69, 9.17) is 16.3 Å². The van der Waals surface area contributed by atoms with Gasteiger partial charge >= 0.3 is 0 Å². The van der Waals surface area contributed by atoms with Crippen LogP contribution >= 0.6 is 11.6 Å². The Labute approximate surface area is 187 Å². The summed E-state index contributed by atoms with van der Waals surface area (Å²) >= 11 is 6.07. The van der Waals surface area contributed by atoms with Crippen molar-refractivity contribution in [2.45, 2.75) is 11.8 Å². The average molecular weight is 459 g/mol. The van der Waals surface area contributed by atoms with Crippen molar-refractivity contribution in [1.29, 1.82) is 0 Å². The monoisotopic (exact) mass is 458 g/mol.